The molecule has 134 valence electrons. The van der Waals surface area contributed by atoms with Crippen LogP contribution in [-0.2, 0) is 16.6 Å². The molecule has 0 radical (unpaired) electrons. The number of aromatic nitrogens is 3. The predicted molar refractivity (Wildman–Crippen MR) is 93.3 cm³/mol. The van der Waals surface area contributed by atoms with Crippen LogP contribution in [0.5, 0.6) is 0 Å². The number of fused-ring (bicyclic) bond motifs is 1. The molecule has 0 bridgehead atoms. The highest BCUT2D eigenvalue weighted by Crippen LogP contribution is 2.30. The van der Waals surface area contributed by atoms with Crippen molar-refractivity contribution in [1.29, 1.82) is 0 Å². The average Bonchev–Trinajstić information content (AvgIpc) is 2.88. The van der Waals surface area contributed by atoms with Gasteiger partial charge in [-0.05, 0) is 32.8 Å². The lowest BCUT2D eigenvalue weighted by atomic mass is 9.81. The number of nitrogens with zero attached hydrogens (tertiary/aromatic N) is 3. The molecule has 7 nitrogen and oxygen atoms in total. The molecule has 1 saturated carbocycles. The van der Waals surface area contributed by atoms with E-state index in [2.05, 4.69) is 15.4 Å². The number of hydrogen-bond acceptors (Lipinski definition) is 5. The number of pyridine rings is 1. The van der Waals surface area contributed by atoms with E-state index >= 15 is 0 Å². The van der Waals surface area contributed by atoms with Gasteiger partial charge in [-0.25, -0.2) is 9.78 Å². The molecule has 2 heterocycles. The Balaban J connectivity index is 2.03. The molecule has 2 aromatic heterocycles. The molecule has 1 amide bonds. The number of amides is 1. The van der Waals surface area contributed by atoms with Crippen LogP contribution in [0.15, 0.2) is 6.07 Å². The Kier molecular flexibility index (Phi) is 4.49. The highest BCUT2D eigenvalue weighted by molar-refractivity contribution is 6.08. The van der Waals surface area contributed by atoms with Crippen molar-refractivity contribution in [2.45, 2.75) is 51.5 Å². The maximum Gasteiger partial charge on any atom is 0.331 e. The van der Waals surface area contributed by atoms with Crippen LogP contribution in [0.4, 0.5) is 0 Å². The summed E-state index contributed by atoms with van der Waals surface area (Å²) in [7, 11) is 3.17. The molecular weight excluding hydrogens is 320 g/mol. The van der Waals surface area contributed by atoms with Gasteiger partial charge in [-0.15, -0.1) is 0 Å². The van der Waals surface area contributed by atoms with E-state index in [0.29, 0.717) is 24.1 Å². The zero-order valence-corrected chi connectivity index (χ0v) is 15.2. The van der Waals surface area contributed by atoms with Crippen molar-refractivity contribution >= 4 is 22.9 Å². The topological polar surface area (TPSA) is 86.1 Å². The van der Waals surface area contributed by atoms with Gasteiger partial charge >= 0.3 is 5.97 Å². The molecule has 0 spiro atoms. The van der Waals surface area contributed by atoms with Crippen molar-refractivity contribution in [2.75, 3.05) is 7.11 Å². The van der Waals surface area contributed by atoms with Crippen molar-refractivity contribution in [3.8, 4) is 0 Å². The largest absolute Gasteiger partial charge is 0.467 e. The molecule has 1 aliphatic carbocycles. The second-order valence-electron chi connectivity index (χ2n) is 6.81. The highest BCUT2D eigenvalue weighted by Gasteiger charge is 2.42. The van der Waals surface area contributed by atoms with Crippen LogP contribution in [0.3, 0.4) is 0 Å². The standard InChI is InChI=1S/C18H24N4O3/c1-11-10-13(14-12(2)21-22(3)15(14)19-11)16(23)20-18(17(24)25-4)8-6-5-7-9-18/h10H,5-9H2,1-4H3,(H,20,23). The van der Waals surface area contributed by atoms with Crippen LogP contribution in [-0.4, -0.2) is 39.3 Å². The number of aryl methyl sites for hydroxylation is 3. The van der Waals surface area contributed by atoms with Crippen LogP contribution in [0, 0.1) is 13.8 Å². The van der Waals surface area contributed by atoms with Gasteiger partial charge in [0.05, 0.1) is 23.8 Å². The molecule has 7 heteroatoms. The predicted octanol–water partition coefficient (Wildman–Crippen LogP) is 2.19. The summed E-state index contributed by atoms with van der Waals surface area (Å²) in [5.74, 6) is -0.649. The lowest BCUT2D eigenvalue weighted by Crippen LogP contribution is -2.56. The van der Waals surface area contributed by atoms with Crippen LogP contribution >= 0.6 is 0 Å². The van der Waals surface area contributed by atoms with Gasteiger partial charge in [0.15, 0.2) is 5.65 Å². The fourth-order valence-corrected chi connectivity index (χ4v) is 3.76. The van der Waals surface area contributed by atoms with Crippen LogP contribution in [0.1, 0.15) is 53.8 Å². The average molecular weight is 344 g/mol. The molecule has 1 aliphatic rings. The molecule has 2 aromatic rings. The molecule has 0 atom stereocenters. The molecule has 1 N–H and O–H groups in total. The third-order valence-corrected chi connectivity index (χ3v) is 4.98. The van der Waals surface area contributed by atoms with E-state index in [1.165, 1.54) is 7.11 Å². The maximum absolute atomic E-state index is 13.1. The van der Waals surface area contributed by atoms with E-state index in [1.54, 1.807) is 17.8 Å². The van der Waals surface area contributed by atoms with Gasteiger partial charge in [-0.1, -0.05) is 19.3 Å². The summed E-state index contributed by atoms with van der Waals surface area (Å²) in [5, 5.41) is 8.07. The SMILES string of the molecule is COC(=O)C1(NC(=O)c2cc(C)nc3c2c(C)nn3C)CCCCC1. The van der Waals surface area contributed by atoms with Crippen LogP contribution < -0.4 is 5.32 Å². The summed E-state index contributed by atoms with van der Waals surface area (Å²) in [4.78, 5) is 30.0. The van der Waals surface area contributed by atoms with E-state index in [1.807, 2.05) is 13.8 Å². The number of nitrogens with one attached hydrogen (secondary N) is 1. The second kappa shape index (κ2) is 6.46. The third kappa shape index (κ3) is 2.99. The van der Waals surface area contributed by atoms with E-state index in [9.17, 15) is 9.59 Å². The smallest absolute Gasteiger partial charge is 0.331 e. The zero-order valence-electron chi connectivity index (χ0n) is 15.2. The first-order valence-corrected chi connectivity index (χ1v) is 8.60. The number of rotatable bonds is 3. The Morgan fingerprint density at radius 2 is 1.92 bits per heavy atom. The van der Waals surface area contributed by atoms with E-state index in [4.69, 9.17) is 4.74 Å². The molecule has 0 saturated heterocycles. The second-order valence-corrected chi connectivity index (χ2v) is 6.81. The Labute approximate surface area is 146 Å². The molecule has 1 fully saturated rings. The van der Waals surface area contributed by atoms with Crippen molar-refractivity contribution in [3.05, 3.63) is 23.0 Å². The summed E-state index contributed by atoms with van der Waals surface area (Å²) in [6.45, 7) is 3.70. The maximum atomic E-state index is 13.1. The van der Waals surface area contributed by atoms with E-state index in [0.717, 1.165) is 36.0 Å². The number of esters is 1. The molecule has 0 aliphatic heterocycles. The Hall–Kier alpha value is -2.44. The normalized spacial score (nSPS) is 16.6. The number of carbonyl (C=O) groups is 2. The number of methoxy groups -OCH3 is 1. The van der Waals surface area contributed by atoms with Gasteiger partial charge in [0.25, 0.3) is 5.91 Å². The molecule has 0 unspecified atom stereocenters. The lowest BCUT2D eigenvalue weighted by Gasteiger charge is -2.35. The van der Waals surface area contributed by atoms with Gasteiger partial charge in [0, 0.05) is 12.7 Å². The Morgan fingerprint density at radius 1 is 1.24 bits per heavy atom. The first-order chi connectivity index (χ1) is 11.9. The summed E-state index contributed by atoms with van der Waals surface area (Å²) < 4.78 is 6.66. The van der Waals surface area contributed by atoms with Crippen molar-refractivity contribution in [2.24, 2.45) is 7.05 Å². The molecule has 3 rings (SSSR count). The summed E-state index contributed by atoms with van der Waals surface area (Å²) in [6, 6.07) is 1.75. The first kappa shape index (κ1) is 17.4. The van der Waals surface area contributed by atoms with Gasteiger partial charge in [0.2, 0.25) is 0 Å². The first-order valence-electron chi connectivity index (χ1n) is 8.60. The Bertz CT molecular complexity index is 834. The number of ether oxygens (including phenoxy) is 1. The fourth-order valence-electron chi connectivity index (χ4n) is 3.76. The van der Waals surface area contributed by atoms with Gasteiger partial charge in [0.1, 0.15) is 5.54 Å². The minimum Gasteiger partial charge on any atom is -0.467 e. The van der Waals surface area contributed by atoms with Crippen LogP contribution in [0.25, 0.3) is 11.0 Å². The lowest BCUT2D eigenvalue weighted by molar-refractivity contribution is -0.149. The summed E-state index contributed by atoms with van der Waals surface area (Å²) in [5.41, 5.74) is 1.70. The summed E-state index contributed by atoms with van der Waals surface area (Å²) >= 11 is 0. The van der Waals surface area contributed by atoms with E-state index < -0.39 is 5.54 Å². The molecule has 25 heavy (non-hydrogen) atoms. The van der Waals surface area contributed by atoms with Crippen LogP contribution in [0.2, 0.25) is 0 Å². The van der Waals surface area contributed by atoms with Gasteiger partial charge < -0.3 is 10.1 Å². The number of hydrogen-bond donors (Lipinski definition) is 1. The summed E-state index contributed by atoms with van der Waals surface area (Å²) in [6.07, 6.45) is 4.06. The third-order valence-electron chi connectivity index (χ3n) is 4.98. The quantitative estimate of drug-likeness (QED) is 0.863. The van der Waals surface area contributed by atoms with Gasteiger partial charge in [-0.3, -0.25) is 9.48 Å². The Morgan fingerprint density at radius 3 is 2.56 bits per heavy atom. The molecule has 0 aromatic carbocycles. The zero-order chi connectivity index (χ0) is 18.2. The van der Waals surface area contributed by atoms with E-state index in [-0.39, 0.29) is 11.9 Å². The van der Waals surface area contributed by atoms with Crippen molar-refractivity contribution in [1.82, 2.24) is 20.1 Å². The monoisotopic (exact) mass is 344 g/mol. The highest BCUT2D eigenvalue weighted by atomic mass is 16.5. The van der Waals surface area contributed by atoms with Crippen molar-refractivity contribution < 1.29 is 14.3 Å². The minimum atomic E-state index is -0.941. The minimum absolute atomic E-state index is 0.279. The van der Waals surface area contributed by atoms with Crippen molar-refractivity contribution in [3.63, 3.8) is 0 Å². The van der Waals surface area contributed by atoms with Gasteiger partial charge in [-0.2, -0.15) is 5.10 Å². The number of carbonyl (C=O) groups excluding carboxylic acids is 2. The molecular formula is C18H24N4O3. The fraction of sp³-hybridized carbons (Fsp3) is 0.556.